The number of nitrogens with one attached hydrogen (secondary N) is 2. The molecule has 3 rings (SSSR count). The van der Waals surface area contributed by atoms with Gasteiger partial charge in [0.1, 0.15) is 0 Å². The Labute approximate surface area is 161 Å². The highest BCUT2D eigenvalue weighted by Gasteiger charge is 2.02. The zero-order valence-corrected chi connectivity index (χ0v) is 16.0. The van der Waals surface area contributed by atoms with Crippen molar-refractivity contribution < 1.29 is 0 Å². The van der Waals surface area contributed by atoms with Crippen molar-refractivity contribution >= 4 is 5.96 Å². The first kappa shape index (κ1) is 18.7. The number of hydrogen-bond acceptors (Lipinski definition) is 2. The predicted molar refractivity (Wildman–Crippen MR) is 111 cm³/mol. The van der Waals surface area contributed by atoms with Crippen LogP contribution in [-0.4, -0.2) is 22.3 Å². The second-order valence-corrected chi connectivity index (χ2v) is 6.57. The standard InChI is InChI=1S/C22H27N5/c1-3-23-22(24-13-20-11-7-8-18(2)12-20)25-14-21-15-26-27(17-21)16-19-9-5-4-6-10-19/h4-12,15,17H,3,13-14,16H2,1-2H3,(H2,23,24,25). The van der Waals surface area contributed by atoms with E-state index in [1.807, 2.05) is 29.1 Å². The second kappa shape index (κ2) is 9.57. The molecule has 0 atom stereocenters. The first-order valence-corrected chi connectivity index (χ1v) is 9.36. The van der Waals surface area contributed by atoms with Crippen LogP contribution in [-0.2, 0) is 19.6 Å². The Morgan fingerprint density at radius 3 is 2.59 bits per heavy atom. The van der Waals surface area contributed by atoms with Crippen molar-refractivity contribution in [3.63, 3.8) is 0 Å². The number of nitrogens with zero attached hydrogens (tertiary/aromatic N) is 3. The summed E-state index contributed by atoms with van der Waals surface area (Å²) in [6.07, 6.45) is 3.94. The maximum absolute atomic E-state index is 4.68. The molecular weight excluding hydrogens is 334 g/mol. The van der Waals surface area contributed by atoms with E-state index in [9.17, 15) is 0 Å². The highest BCUT2D eigenvalue weighted by Crippen LogP contribution is 2.06. The van der Waals surface area contributed by atoms with Gasteiger partial charge in [-0.25, -0.2) is 4.99 Å². The van der Waals surface area contributed by atoms with Gasteiger partial charge in [-0.05, 0) is 25.0 Å². The minimum atomic E-state index is 0.595. The van der Waals surface area contributed by atoms with Crippen LogP contribution in [0.5, 0.6) is 0 Å². The summed E-state index contributed by atoms with van der Waals surface area (Å²) in [5.74, 6) is 0.815. The molecule has 0 amide bonds. The normalized spacial score (nSPS) is 11.4. The summed E-state index contributed by atoms with van der Waals surface area (Å²) in [7, 11) is 0. The number of aryl methyl sites for hydroxylation is 1. The van der Waals surface area contributed by atoms with E-state index in [2.05, 4.69) is 77.2 Å². The average molecular weight is 361 g/mol. The minimum Gasteiger partial charge on any atom is -0.357 e. The summed E-state index contributed by atoms with van der Waals surface area (Å²) in [6.45, 7) is 7.12. The molecule has 5 heteroatoms. The van der Waals surface area contributed by atoms with Crippen molar-refractivity contribution in [3.8, 4) is 0 Å². The van der Waals surface area contributed by atoms with Crippen molar-refractivity contribution in [2.45, 2.75) is 33.5 Å². The van der Waals surface area contributed by atoms with Crippen molar-refractivity contribution in [1.82, 2.24) is 20.4 Å². The van der Waals surface area contributed by atoms with E-state index in [1.165, 1.54) is 16.7 Å². The minimum absolute atomic E-state index is 0.595. The smallest absolute Gasteiger partial charge is 0.191 e. The van der Waals surface area contributed by atoms with E-state index in [4.69, 9.17) is 0 Å². The van der Waals surface area contributed by atoms with Crippen LogP contribution in [0.1, 0.15) is 29.2 Å². The van der Waals surface area contributed by atoms with Gasteiger partial charge < -0.3 is 10.6 Å². The maximum atomic E-state index is 4.68. The molecule has 0 unspecified atom stereocenters. The van der Waals surface area contributed by atoms with Gasteiger partial charge in [0.2, 0.25) is 0 Å². The Morgan fingerprint density at radius 1 is 1.00 bits per heavy atom. The molecule has 0 aliphatic rings. The first-order chi connectivity index (χ1) is 13.2. The van der Waals surface area contributed by atoms with Gasteiger partial charge in [0.15, 0.2) is 5.96 Å². The lowest BCUT2D eigenvalue weighted by Gasteiger charge is -2.11. The summed E-state index contributed by atoms with van der Waals surface area (Å²) in [5, 5.41) is 11.1. The summed E-state index contributed by atoms with van der Waals surface area (Å²) in [6, 6.07) is 18.8. The molecule has 0 aliphatic carbocycles. The third-order valence-corrected chi connectivity index (χ3v) is 4.18. The molecular formula is C22H27N5. The van der Waals surface area contributed by atoms with E-state index in [-0.39, 0.29) is 0 Å². The molecule has 27 heavy (non-hydrogen) atoms. The van der Waals surface area contributed by atoms with Crippen LogP contribution >= 0.6 is 0 Å². The molecule has 0 saturated carbocycles. The average Bonchev–Trinajstić information content (AvgIpc) is 3.12. The lowest BCUT2D eigenvalue weighted by molar-refractivity contribution is 0.686. The lowest BCUT2D eigenvalue weighted by atomic mass is 10.1. The highest BCUT2D eigenvalue weighted by molar-refractivity contribution is 5.79. The molecule has 140 valence electrons. The highest BCUT2D eigenvalue weighted by atomic mass is 15.3. The van der Waals surface area contributed by atoms with Gasteiger partial charge in [0, 0.05) is 24.8 Å². The lowest BCUT2D eigenvalue weighted by Crippen LogP contribution is -2.36. The Balaban J connectivity index is 1.58. The second-order valence-electron chi connectivity index (χ2n) is 6.57. The van der Waals surface area contributed by atoms with Gasteiger partial charge in [-0.3, -0.25) is 4.68 Å². The van der Waals surface area contributed by atoms with Gasteiger partial charge in [-0.2, -0.15) is 5.10 Å². The van der Waals surface area contributed by atoms with Gasteiger partial charge in [0.25, 0.3) is 0 Å². The predicted octanol–water partition coefficient (Wildman–Crippen LogP) is 3.50. The molecule has 0 fully saturated rings. The van der Waals surface area contributed by atoms with Crippen LogP contribution in [0.3, 0.4) is 0 Å². The molecule has 0 saturated heterocycles. The van der Waals surface area contributed by atoms with Gasteiger partial charge >= 0.3 is 0 Å². The van der Waals surface area contributed by atoms with Crippen molar-refractivity contribution in [2.24, 2.45) is 4.99 Å². The third kappa shape index (κ3) is 5.99. The first-order valence-electron chi connectivity index (χ1n) is 9.36. The van der Waals surface area contributed by atoms with Crippen molar-refractivity contribution in [2.75, 3.05) is 6.54 Å². The summed E-state index contributed by atoms with van der Waals surface area (Å²) < 4.78 is 1.95. The van der Waals surface area contributed by atoms with E-state index in [1.54, 1.807) is 0 Å². The molecule has 5 nitrogen and oxygen atoms in total. The van der Waals surface area contributed by atoms with Crippen LogP contribution in [0.2, 0.25) is 0 Å². The molecule has 1 heterocycles. The van der Waals surface area contributed by atoms with Crippen LogP contribution in [0, 0.1) is 6.92 Å². The number of rotatable bonds is 7. The number of guanidine groups is 1. The summed E-state index contributed by atoms with van der Waals surface area (Å²) in [4.78, 5) is 4.68. The Morgan fingerprint density at radius 2 is 1.81 bits per heavy atom. The Kier molecular flexibility index (Phi) is 6.63. The van der Waals surface area contributed by atoms with Crippen LogP contribution in [0.25, 0.3) is 0 Å². The maximum Gasteiger partial charge on any atom is 0.191 e. The Bertz CT molecular complexity index is 867. The molecule has 2 aromatic carbocycles. The van der Waals surface area contributed by atoms with E-state index < -0.39 is 0 Å². The molecule has 3 aromatic rings. The zero-order valence-electron chi connectivity index (χ0n) is 16.0. The number of hydrogen-bond donors (Lipinski definition) is 2. The number of benzene rings is 2. The molecule has 0 bridgehead atoms. The van der Waals surface area contributed by atoms with E-state index in [0.29, 0.717) is 6.54 Å². The van der Waals surface area contributed by atoms with Crippen molar-refractivity contribution in [3.05, 3.63) is 89.2 Å². The fraction of sp³-hybridized carbons (Fsp3) is 0.273. The summed E-state index contributed by atoms with van der Waals surface area (Å²) in [5.41, 5.74) is 4.85. The molecule has 2 N–H and O–H groups in total. The largest absolute Gasteiger partial charge is 0.357 e. The number of aromatic nitrogens is 2. The van der Waals surface area contributed by atoms with Crippen molar-refractivity contribution in [1.29, 1.82) is 0 Å². The van der Waals surface area contributed by atoms with E-state index in [0.717, 1.165) is 31.2 Å². The summed E-state index contributed by atoms with van der Waals surface area (Å²) >= 11 is 0. The van der Waals surface area contributed by atoms with Gasteiger partial charge in [0.05, 0.1) is 19.3 Å². The molecule has 0 radical (unpaired) electrons. The Hall–Kier alpha value is -3.08. The topological polar surface area (TPSA) is 54.2 Å². The molecule has 0 spiro atoms. The molecule has 0 aliphatic heterocycles. The van der Waals surface area contributed by atoms with Gasteiger partial charge in [-0.15, -0.1) is 0 Å². The van der Waals surface area contributed by atoms with Crippen LogP contribution < -0.4 is 10.6 Å². The monoisotopic (exact) mass is 361 g/mol. The van der Waals surface area contributed by atoms with Gasteiger partial charge in [-0.1, -0.05) is 60.2 Å². The zero-order chi connectivity index (χ0) is 18.9. The third-order valence-electron chi connectivity index (χ3n) is 4.18. The SMILES string of the molecule is CCNC(=NCc1cnn(Cc2ccccc2)c1)NCc1cccc(C)c1. The van der Waals surface area contributed by atoms with Crippen LogP contribution in [0.15, 0.2) is 72.0 Å². The fourth-order valence-corrected chi connectivity index (χ4v) is 2.86. The quantitative estimate of drug-likeness (QED) is 0.500. The van der Waals surface area contributed by atoms with Crippen LogP contribution in [0.4, 0.5) is 0 Å². The number of aliphatic imine (C=N–C) groups is 1. The fourth-order valence-electron chi connectivity index (χ4n) is 2.86. The van der Waals surface area contributed by atoms with E-state index >= 15 is 0 Å². The molecule has 1 aromatic heterocycles.